The number of hydrogen-bond acceptors (Lipinski definition) is 3. The topological polar surface area (TPSA) is 72.5 Å². The highest BCUT2D eigenvalue weighted by atomic mass is 28.4. The van der Waals surface area contributed by atoms with E-state index in [0.29, 0.717) is 6.42 Å². The molecule has 0 aliphatic carbocycles. The van der Waals surface area contributed by atoms with Crippen LogP contribution in [0.25, 0.3) is 0 Å². The van der Waals surface area contributed by atoms with Crippen LogP contribution in [0.3, 0.4) is 0 Å². The lowest BCUT2D eigenvalue weighted by Crippen LogP contribution is -2.46. The summed E-state index contributed by atoms with van der Waals surface area (Å²) >= 11 is 0. The van der Waals surface area contributed by atoms with Gasteiger partial charge in [-0.2, -0.15) is 0 Å². The summed E-state index contributed by atoms with van der Waals surface area (Å²) in [6.07, 6.45) is 0.244. The van der Waals surface area contributed by atoms with Crippen LogP contribution in [0.2, 0.25) is 18.1 Å². The average Bonchev–Trinajstić information content (AvgIpc) is 2.12. The Kier molecular flexibility index (Phi) is 6.72. The fourth-order valence-corrected chi connectivity index (χ4v) is 3.23. The minimum absolute atomic E-state index is 0.0907. The van der Waals surface area contributed by atoms with E-state index in [9.17, 15) is 9.90 Å². The van der Waals surface area contributed by atoms with E-state index >= 15 is 0 Å². The number of nitrogens with two attached hydrogens (primary N) is 1. The second-order valence-corrected chi connectivity index (χ2v) is 11.9. The molecule has 0 aliphatic rings. The molecule has 114 valence electrons. The fraction of sp³-hybridized carbons (Fsp3) is 0.929. The maximum absolute atomic E-state index is 11.2. The molecule has 0 aliphatic heterocycles. The number of carbonyl (C=O) groups excluding carboxylic acids is 1. The molecule has 0 rings (SSSR count). The zero-order valence-electron chi connectivity index (χ0n) is 13.5. The molecule has 0 spiro atoms. The predicted octanol–water partition coefficient (Wildman–Crippen LogP) is 2.66. The largest absolute Gasteiger partial charge is 0.413 e. The standard InChI is InChI=1S/C14H31NO3Si/c1-10(8-11(2)16)12(9-13(15)17)18-19(6,7)14(3,4)5/h10-12,16H,8-9H2,1-7H3,(H2,15,17)/t10-,11?,12+/m1/s1. The van der Waals surface area contributed by atoms with Crippen LogP contribution < -0.4 is 5.73 Å². The third-order valence-electron chi connectivity index (χ3n) is 4.00. The normalized spacial score (nSPS) is 17.9. The minimum atomic E-state index is -1.94. The number of primary amides is 1. The van der Waals surface area contributed by atoms with Crippen molar-refractivity contribution in [2.75, 3.05) is 0 Å². The van der Waals surface area contributed by atoms with Crippen LogP contribution in [0, 0.1) is 5.92 Å². The van der Waals surface area contributed by atoms with Gasteiger partial charge in [-0.1, -0.05) is 27.7 Å². The number of hydrogen-bond donors (Lipinski definition) is 2. The Hall–Kier alpha value is -0.393. The molecule has 0 aromatic rings. The zero-order chi connectivity index (χ0) is 15.4. The number of aliphatic hydroxyl groups excluding tert-OH is 1. The maximum atomic E-state index is 11.2. The minimum Gasteiger partial charge on any atom is -0.413 e. The molecule has 19 heavy (non-hydrogen) atoms. The van der Waals surface area contributed by atoms with Crippen LogP contribution in [0.5, 0.6) is 0 Å². The highest BCUT2D eigenvalue weighted by Crippen LogP contribution is 2.38. The zero-order valence-corrected chi connectivity index (χ0v) is 14.5. The number of rotatable bonds is 7. The van der Waals surface area contributed by atoms with Crippen LogP contribution in [-0.4, -0.2) is 31.5 Å². The summed E-state index contributed by atoms with van der Waals surface area (Å²) in [5, 5.41) is 9.59. The third kappa shape index (κ3) is 6.54. The first kappa shape index (κ1) is 18.6. The molecule has 0 saturated carbocycles. The van der Waals surface area contributed by atoms with Crippen LogP contribution in [0.1, 0.15) is 47.5 Å². The summed E-state index contributed by atoms with van der Waals surface area (Å²) in [5.74, 6) is -0.234. The van der Waals surface area contributed by atoms with Gasteiger partial charge in [-0.05, 0) is 37.4 Å². The Morgan fingerprint density at radius 3 is 2.11 bits per heavy atom. The van der Waals surface area contributed by atoms with Crippen LogP contribution in [0.15, 0.2) is 0 Å². The molecule has 0 aromatic heterocycles. The Labute approximate surface area is 118 Å². The lowest BCUT2D eigenvalue weighted by molar-refractivity contribution is -0.120. The molecular formula is C14H31NO3Si. The van der Waals surface area contributed by atoms with Gasteiger partial charge in [0.2, 0.25) is 5.91 Å². The Morgan fingerprint density at radius 1 is 1.32 bits per heavy atom. The van der Waals surface area contributed by atoms with Gasteiger partial charge in [-0.15, -0.1) is 0 Å². The van der Waals surface area contributed by atoms with E-state index in [1.165, 1.54) is 0 Å². The molecule has 0 fully saturated rings. The summed E-state index contributed by atoms with van der Waals surface area (Å²) in [5.41, 5.74) is 5.32. The van der Waals surface area contributed by atoms with Gasteiger partial charge in [-0.25, -0.2) is 0 Å². The smallest absolute Gasteiger partial charge is 0.219 e. The van der Waals surface area contributed by atoms with Crippen LogP contribution in [-0.2, 0) is 9.22 Å². The SMILES string of the molecule is CC(O)C[C@@H](C)[C@H](CC(N)=O)O[Si](C)(C)C(C)(C)C. The van der Waals surface area contributed by atoms with Crippen molar-refractivity contribution in [3.05, 3.63) is 0 Å². The van der Waals surface area contributed by atoms with Gasteiger partial charge < -0.3 is 15.3 Å². The third-order valence-corrected chi connectivity index (χ3v) is 8.51. The van der Waals surface area contributed by atoms with Crippen molar-refractivity contribution >= 4 is 14.2 Å². The van der Waals surface area contributed by atoms with Gasteiger partial charge in [0, 0.05) is 0 Å². The molecule has 3 N–H and O–H groups in total. The van der Waals surface area contributed by atoms with E-state index < -0.39 is 14.4 Å². The summed E-state index contributed by atoms with van der Waals surface area (Å²) in [7, 11) is -1.94. The van der Waals surface area contributed by atoms with E-state index in [1.807, 2.05) is 6.92 Å². The lowest BCUT2D eigenvalue weighted by Gasteiger charge is -2.41. The molecule has 0 aromatic carbocycles. The highest BCUT2D eigenvalue weighted by Gasteiger charge is 2.40. The molecular weight excluding hydrogens is 258 g/mol. The van der Waals surface area contributed by atoms with E-state index in [0.717, 1.165) is 0 Å². The van der Waals surface area contributed by atoms with Crippen molar-refractivity contribution in [3.8, 4) is 0 Å². The monoisotopic (exact) mass is 289 g/mol. The van der Waals surface area contributed by atoms with Crippen molar-refractivity contribution in [1.29, 1.82) is 0 Å². The Balaban J connectivity index is 4.91. The second kappa shape index (κ2) is 6.86. The summed E-state index contributed by atoms with van der Waals surface area (Å²) in [6.45, 7) is 14.6. The molecule has 0 saturated heterocycles. The molecule has 1 unspecified atom stereocenters. The number of carbonyl (C=O) groups is 1. The molecule has 4 nitrogen and oxygen atoms in total. The summed E-state index contributed by atoms with van der Waals surface area (Å²) in [4.78, 5) is 11.2. The lowest BCUT2D eigenvalue weighted by atomic mass is 9.96. The second-order valence-electron chi connectivity index (χ2n) is 7.15. The van der Waals surface area contributed by atoms with E-state index in [-0.39, 0.29) is 29.4 Å². The molecule has 0 bridgehead atoms. The average molecular weight is 289 g/mol. The number of aliphatic hydroxyl groups is 1. The summed E-state index contributed by atoms with van der Waals surface area (Å²) < 4.78 is 6.30. The van der Waals surface area contributed by atoms with Gasteiger partial charge in [0.15, 0.2) is 8.32 Å². The van der Waals surface area contributed by atoms with E-state index in [4.69, 9.17) is 10.2 Å². The van der Waals surface area contributed by atoms with Crippen LogP contribution in [0.4, 0.5) is 0 Å². The highest BCUT2D eigenvalue weighted by molar-refractivity contribution is 6.74. The predicted molar refractivity (Wildman–Crippen MR) is 81.3 cm³/mol. The first-order valence-electron chi connectivity index (χ1n) is 7.01. The first-order chi connectivity index (χ1) is 8.36. The van der Waals surface area contributed by atoms with Crippen molar-refractivity contribution in [2.24, 2.45) is 11.7 Å². The van der Waals surface area contributed by atoms with Crippen molar-refractivity contribution in [2.45, 2.75) is 77.8 Å². The van der Waals surface area contributed by atoms with Gasteiger partial charge in [-0.3, -0.25) is 4.79 Å². The van der Waals surface area contributed by atoms with Crippen molar-refractivity contribution in [3.63, 3.8) is 0 Å². The molecule has 0 radical (unpaired) electrons. The summed E-state index contributed by atoms with van der Waals surface area (Å²) in [6, 6.07) is 0. The quantitative estimate of drug-likeness (QED) is 0.708. The number of amides is 1. The molecule has 5 heteroatoms. The van der Waals surface area contributed by atoms with E-state index in [1.54, 1.807) is 6.92 Å². The van der Waals surface area contributed by atoms with Gasteiger partial charge >= 0.3 is 0 Å². The molecule has 0 heterocycles. The van der Waals surface area contributed by atoms with Gasteiger partial charge in [0.25, 0.3) is 0 Å². The fourth-order valence-electron chi connectivity index (χ4n) is 1.80. The first-order valence-corrected chi connectivity index (χ1v) is 9.92. The van der Waals surface area contributed by atoms with Crippen molar-refractivity contribution < 1.29 is 14.3 Å². The van der Waals surface area contributed by atoms with Crippen LogP contribution >= 0.6 is 0 Å². The van der Waals surface area contributed by atoms with Gasteiger partial charge in [0.05, 0.1) is 18.6 Å². The Bertz CT molecular complexity index is 298. The van der Waals surface area contributed by atoms with E-state index in [2.05, 4.69) is 33.9 Å². The Morgan fingerprint density at radius 2 is 1.79 bits per heavy atom. The molecule has 1 amide bonds. The van der Waals surface area contributed by atoms with Gasteiger partial charge in [0.1, 0.15) is 0 Å². The van der Waals surface area contributed by atoms with Crippen molar-refractivity contribution in [1.82, 2.24) is 0 Å². The molecule has 3 atom stereocenters. The maximum Gasteiger partial charge on any atom is 0.219 e.